The zero-order chi connectivity index (χ0) is 20.1. The Morgan fingerprint density at radius 2 is 1.81 bits per heavy atom. The maximum absolute atomic E-state index is 12.6. The molecule has 7 heteroatoms. The van der Waals surface area contributed by atoms with Gasteiger partial charge in [0, 0.05) is 31.5 Å². The second kappa shape index (κ2) is 8.80. The third-order valence-electron chi connectivity index (χ3n) is 3.98. The molecule has 0 spiro atoms. The van der Waals surface area contributed by atoms with E-state index in [1.54, 1.807) is 44.0 Å². The molecular weight excluding hydrogens is 334 g/mol. The van der Waals surface area contributed by atoms with Crippen LogP contribution in [0.4, 0.5) is 5.69 Å². The van der Waals surface area contributed by atoms with Crippen molar-refractivity contribution in [3.05, 3.63) is 29.3 Å². The first-order chi connectivity index (χ1) is 12.0. The van der Waals surface area contributed by atoms with Gasteiger partial charge in [-0.05, 0) is 52.3 Å². The Balaban J connectivity index is 2.91. The number of amides is 3. The molecule has 0 radical (unpaired) electrons. The Hall–Kier alpha value is -2.41. The van der Waals surface area contributed by atoms with Crippen LogP contribution in [0.15, 0.2) is 18.2 Å². The number of nitrogens with zero attached hydrogens (tertiary/aromatic N) is 1. The largest absolute Gasteiger partial charge is 0.382 e. The number of rotatable bonds is 6. The number of hydrogen-bond donors (Lipinski definition) is 2. The van der Waals surface area contributed by atoms with Gasteiger partial charge in [-0.1, -0.05) is 6.07 Å². The standard InChI is InChI=1S/C19H29N3O4/c1-12(2)22(6)18(25)15-10-14(9-8-13(15)3)20-16(23)17(24)21-19(4,5)11-26-7/h8-10,12H,11H2,1-7H3,(H,20,23)(H,21,24). The van der Waals surface area contributed by atoms with Crippen LogP contribution >= 0.6 is 0 Å². The molecule has 0 fully saturated rings. The van der Waals surface area contributed by atoms with Crippen molar-refractivity contribution in [2.75, 3.05) is 26.1 Å². The Kier molecular flexibility index (Phi) is 7.32. The zero-order valence-corrected chi connectivity index (χ0v) is 16.6. The van der Waals surface area contributed by atoms with E-state index in [9.17, 15) is 14.4 Å². The summed E-state index contributed by atoms with van der Waals surface area (Å²) in [4.78, 5) is 38.4. The van der Waals surface area contributed by atoms with E-state index in [0.29, 0.717) is 11.3 Å². The molecule has 0 atom stereocenters. The number of methoxy groups -OCH3 is 1. The molecule has 144 valence electrons. The van der Waals surface area contributed by atoms with Crippen LogP contribution in [-0.2, 0) is 14.3 Å². The normalized spacial score (nSPS) is 11.2. The number of hydrogen-bond acceptors (Lipinski definition) is 4. The molecule has 1 aromatic carbocycles. The van der Waals surface area contributed by atoms with Crippen molar-refractivity contribution in [3.63, 3.8) is 0 Å². The van der Waals surface area contributed by atoms with Crippen LogP contribution in [0, 0.1) is 6.92 Å². The molecule has 0 saturated heterocycles. The van der Waals surface area contributed by atoms with Crippen molar-refractivity contribution in [1.29, 1.82) is 0 Å². The minimum atomic E-state index is -0.798. The van der Waals surface area contributed by atoms with Gasteiger partial charge >= 0.3 is 11.8 Å². The van der Waals surface area contributed by atoms with E-state index < -0.39 is 17.4 Å². The molecule has 0 aliphatic carbocycles. The van der Waals surface area contributed by atoms with E-state index in [2.05, 4.69) is 10.6 Å². The van der Waals surface area contributed by atoms with Gasteiger partial charge in [0.2, 0.25) is 0 Å². The minimum absolute atomic E-state index is 0.0499. The molecule has 0 bridgehead atoms. The molecule has 1 rings (SSSR count). The highest BCUT2D eigenvalue weighted by Gasteiger charge is 2.25. The second-order valence-corrected chi connectivity index (χ2v) is 7.26. The fourth-order valence-electron chi connectivity index (χ4n) is 2.30. The van der Waals surface area contributed by atoms with Gasteiger partial charge in [0.1, 0.15) is 0 Å². The molecular formula is C19H29N3O4. The van der Waals surface area contributed by atoms with E-state index in [1.807, 2.05) is 20.8 Å². The van der Waals surface area contributed by atoms with Crippen LogP contribution in [0.5, 0.6) is 0 Å². The highest BCUT2D eigenvalue weighted by molar-refractivity contribution is 6.39. The SMILES string of the molecule is COCC(C)(C)NC(=O)C(=O)Nc1ccc(C)c(C(=O)N(C)C(C)C)c1. The van der Waals surface area contributed by atoms with Gasteiger partial charge in [-0.3, -0.25) is 14.4 Å². The van der Waals surface area contributed by atoms with Crippen LogP contribution in [0.1, 0.15) is 43.6 Å². The van der Waals surface area contributed by atoms with E-state index in [0.717, 1.165) is 5.56 Å². The van der Waals surface area contributed by atoms with E-state index in [-0.39, 0.29) is 18.6 Å². The van der Waals surface area contributed by atoms with Gasteiger partial charge in [-0.15, -0.1) is 0 Å². The lowest BCUT2D eigenvalue weighted by atomic mass is 10.1. The van der Waals surface area contributed by atoms with Crippen LogP contribution in [0.2, 0.25) is 0 Å². The Morgan fingerprint density at radius 3 is 2.35 bits per heavy atom. The van der Waals surface area contributed by atoms with E-state index >= 15 is 0 Å². The summed E-state index contributed by atoms with van der Waals surface area (Å²) >= 11 is 0. The van der Waals surface area contributed by atoms with Crippen LogP contribution in [0.25, 0.3) is 0 Å². The molecule has 0 unspecified atom stereocenters. The van der Waals surface area contributed by atoms with Gasteiger partial charge in [0.15, 0.2) is 0 Å². The molecule has 1 aromatic rings. The van der Waals surface area contributed by atoms with Crippen molar-refractivity contribution in [1.82, 2.24) is 10.2 Å². The lowest BCUT2D eigenvalue weighted by Gasteiger charge is -2.25. The van der Waals surface area contributed by atoms with Gasteiger partial charge in [0.05, 0.1) is 12.1 Å². The topological polar surface area (TPSA) is 87.7 Å². The van der Waals surface area contributed by atoms with Crippen molar-refractivity contribution in [3.8, 4) is 0 Å². The summed E-state index contributed by atoms with van der Waals surface area (Å²) in [5.41, 5.74) is 1.00. The lowest BCUT2D eigenvalue weighted by molar-refractivity contribution is -0.137. The number of aryl methyl sites for hydroxylation is 1. The molecule has 3 amide bonds. The number of carbonyl (C=O) groups is 3. The molecule has 0 saturated carbocycles. The first-order valence-electron chi connectivity index (χ1n) is 8.48. The first-order valence-corrected chi connectivity index (χ1v) is 8.48. The highest BCUT2D eigenvalue weighted by Crippen LogP contribution is 2.18. The predicted octanol–water partition coefficient (Wildman–Crippen LogP) is 1.96. The fourth-order valence-corrected chi connectivity index (χ4v) is 2.30. The summed E-state index contributed by atoms with van der Waals surface area (Å²) in [5, 5.41) is 5.14. The quantitative estimate of drug-likeness (QED) is 0.756. The third-order valence-corrected chi connectivity index (χ3v) is 3.98. The summed E-state index contributed by atoms with van der Waals surface area (Å²) in [5.74, 6) is -1.70. The lowest BCUT2D eigenvalue weighted by Crippen LogP contribution is -2.50. The third kappa shape index (κ3) is 5.84. The summed E-state index contributed by atoms with van der Waals surface area (Å²) in [6.07, 6.45) is 0. The summed E-state index contributed by atoms with van der Waals surface area (Å²) in [6.45, 7) is 9.46. The van der Waals surface area contributed by atoms with E-state index in [1.165, 1.54) is 7.11 Å². The van der Waals surface area contributed by atoms with Crippen molar-refractivity contribution in [2.45, 2.75) is 46.2 Å². The van der Waals surface area contributed by atoms with E-state index in [4.69, 9.17) is 4.74 Å². The summed E-state index contributed by atoms with van der Waals surface area (Å²) in [7, 11) is 3.25. The maximum atomic E-state index is 12.6. The fraction of sp³-hybridized carbons (Fsp3) is 0.526. The monoisotopic (exact) mass is 363 g/mol. The number of carbonyl (C=O) groups excluding carboxylic acids is 3. The maximum Gasteiger partial charge on any atom is 0.313 e. The number of nitrogens with one attached hydrogen (secondary N) is 2. The van der Waals surface area contributed by atoms with Gasteiger partial charge < -0.3 is 20.3 Å². The second-order valence-electron chi connectivity index (χ2n) is 7.26. The average molecular weight is 363 g/mol. The average Bonchev–Trinajstić information content (AvgIpc) is 2.54. The van der Waals surface area contributed by atoms with Crippen LogP contribution in [0.3, 0.4) is 0 Å². The molecule has 0 aliphatic rings. The van der Waals surface area contributed by atoms with Crippen LogP contribution in [-0.4, -0.2) is 55.0 Å². The molecule has 0 aromatic heterocycles. The summed E-state index contributed by atoms with van der Waals surface area (Å²) < 4.78 is 5.01. The number of ether oxygens (including phenoxy) is 1. The van der Waals surface area contributed by atoms with Crippen LogP contribution < -0.4 is 10.6 Å². The van der Waals surface area contributed by atoms with Crippen molar-refractivity contribution in [2.24, 2.45) is 0 Å². The minimum Gasteiger partial charge on any atom is -0.382 e. The Bertz CT molecular complexity index is 683. The molecule has 2 N–H and O–H groups in total. The van der Waals surface area contributed by atoms with Crippen molar-refractivity contribution >= 4 is 23.4 Å². The number of anilines is 1. The smallest absolute Gasteiger partial charge is 0.313 e. The predicted molar refractivity (Wildman–Crippen MR) is 101 cm³/mol. The van der Waals surface area contributed by atoms with Gasteiger partial charge in [-0.2, -0.15) is 0 Å². The molecule has 0 aliphatic heterocycles. The number of benzene rings is 1. The van der Waals surface area contributed by atoms with Gasteiger partial charge in [0.25, 0.3) is 5.91 Å². The Labute approximate surface area is 155 Å². The molecule has 0 heterocycles. The molecule has 26 heavy (non-hydrogen) atoms. The first kappa shape index (κ1) is 21.6. The Morgan fingerprint density at radius 1 is 1.19 bits per heavy atom. The van der Waals surface area contributed by atoms with Gasteiger partial charge in [-0.25, -0.2) is 0 Å². The van der Waals surface area contributed by atoms with Crippen molar-refractivity contribution < 1.29 is 19.1 Å². The zero-order valence-electron chi connectivity index (χ0n) is 16.6. The molecule has 7 nitrogen and oxygen atoms in total. The highest BCUT2D eigenvalue weighted by atomic mass is 16.5. The summed E-state index contributed by atoms with van der Waals surface area (Å²) in [6, 6.07) is 5.03.